The molecule has 0 aliphatic heterocycles. The minimum absolute atomic E-state index is 0.0170. The molecule has 1 fully saturated rings. The Labute approximate surface area is 221 Å². The van der Waals surface area contributed by atoms with E-state index in [1.54, 1.807) is 20.8 Å². The van der Waals surface area contributed by atoms with Gasteiger partial charge in [-0.15, -0.1) is 10.2 Å². The van der Waals surface area contributed by atoms with Gasteiger partial charge < -0.3 is 9.47 Å². The molecule has 1 amide bonds. The number of amides is 1. The highest BCUT2D eigenvalue weighted by Gasteiger charge is 2.51. The fourth-order valence-electron chi connectivity index (χ4n) is 4.31. The number of hydrogen-bond donors (Lipinski definition) is 0. The van der Waals surface area contributed by atoms with Crippen LogP contribution in [0.1, 0.15) is 39.3 Å². The number of halogens is 4. The van der Waals surface area contributed by atoms with Gasteiger partial charge in [-0.3, -0.25) is 9.88 Å². The summed E-state index contributed by atoms with van der Waals surface area (Å²) in [7, 11) is 1.43. The number of carbonyl (C=O) groups is 1. The van der Waals surface area contributed by atoms with Gasteiger partial charge in [-0.25, -0.2) is 18.0 Å². The van der Waals surface area contributed by atoms with Crippen LogP contribution in [-0.2, 0) is 10.2 Å². The van der Waals surface area contributed by atoms with Gasteiger partial charge in [-0.05, 0) is 79.9 Å². The van der Waals surface area contributed by atoms with Crippen molar-refractivity contribution in [3.05, 3.63) is 64.4 Å². The normalized spacial score (nSPS) is 19.2. The quantitative estimate of drug-likeness (QED) is 0.337. The highest BCUT2D eigenvalue weighted by Crippen LogP contribution is 2.47. The molecule has 3 aromatic rings. The maximum Gasteiger partial charge on any atom is 0.416 e. The number of alkyl halides is 1. The van der Waals surface area contributed by atoms with E-state index in [1.165, 1.54) is 54.6 Å². The molecule has 196 valence electrons. The maximum absolute atomic E-state index is 14.7. The Bertz CT molecular complexity index is 1300. The largest absolute Gasteiger partial charge is 0.495 e. The number of hydrogen-bond acceptors (Lipinski definition) is 6. The molecule has 0 bridgehead atoms. The molecule has 0 spiro atoms. The maximum atomic E-state index is 14.7. The minimum Gasteiger partial charge on any atom is -0.495 e. The number of aromatic nitrogens is 3. The first-order chi connectivity index (χ1) is 17.4. The second-order valence-corrected chi connectivity index (χ2v) is 10.8. The Kier molecular flexibility index (Phi) is 7.45. The number of carbonyl (C=O) groups excluding carboxylic acids is 1. The van der Waals surface area contributed by atoms with E-state index >= 15 is 0 Å². The van der Waals surface area contributed by atoms with Crippen molar-refractivity contribution in [2.24, 2.45) is 0 Å². The minimum atomic E-state index is -1.16. The molecule has 11 heteroatoms. The first-order valence-electron chi connectivity index (χ1n) is 11.6. The average Bonchev–Trinajstić information content (AvgIpc) is 2.81. The molecule has 1 aromatic carbocycles. The third-order valence-corrected chi connectivity index (χ3v) is 6.62. The van der Waals surface area contributed by atoms with Crippen LogP contribution in [0, 0.1) is 11.6 Å². The smallest absolute Gasteiger partial charge is 0.416 e. The molecule has 4 rings (SSSR count). The van der Waals surface area contributed by atoms with Gasteiger partial charge in [0.15, 0.2) is 5.82 Å². The Morgan fingerprint density at radius 1 is 1.16 bits per heavy atom. The number of anilines is 1. The van der Waals surface area contributed by atoms with E-state index in [1.807, 2.05) is 0 Å². The summed E-state index contributed by atoms with van der Waals surface area (Å²) in [6.45, 7) is 4.98. The second kappa shape index (κ2) is 10.3. The van der Waals surface area contributed by atoms with Crippen molar-refractivity contribution in [3.63, 3.8) is 0 Å². The first-order valence-corrected chi connectivity index (χ1v) is 12.3. The van der Waals surface area contributed by atoms with E-state index in [0.29, 0.717) is 10.2 Å². The van der Waals surface area contributed by atoms with Gasteiger partial charge >= 0.3 is 6.09 Å². The lowest BCUT2D eigenvalue weighted by atomic mass is 9.64. The standard InChI is InChI=1S/C26H26BrF3N4O3/c1-25(2,3)37-24(35)34(14-26(12-15(28)13-26)23-18(29)6-5-9-31-23)22-8-7-20(32-33-22)16-10-17(27)21(36-4)11-19(16)30/h5-11,15H,12-14H2,1-4H3/t15-,26-. The van der Waals surface area contributed by atoms with E-state index < -0.39 is 34.9 Å². The average molecular weight is 579 g/mol. The van der Waals surface area contributed by atoms with Crippen LogP contribution in [0.15, 0.2) is 47.1 Å². The molecule has 0 radical (unpaired) electrons. The lowest BCUT2D eigenvalue weighted by molar-refractivity contribution is 0.0507. The predicted octanol–water partition coefficient (Wildman–Crippen LogP) is 6.40. The van der Waals surface area contributed by atoms with E-state index in [9.17, 15) is 18.0 Å². The number of rotatable bonds is 6. The summed E-state index contributed by atoms with van der Waals surface area (Å²) >= 11 is 3.33. The van der Waals surface area contributed by atoms with Crippen LogP contribution in [0.4, 0.5) is 23.8 Å². The van der Waals surface area contributed by atoms with E-state index in [0.717, 1.165) is 0 Å². The van der Waals surface area contributed by atoms with Gasteiger partial charge in [-0.1, -0.05) is 0 Å². The first kappa shape index (κ1) is 26.8. The molecule has 2 aromatic heterocycles. The van der Waals surface area contributed by atoms with Crippen molar-refractivity contribution in [1.29, 1.82) is 0 Å². The molecule has 0 saturated heterocycles. The molecule has 7 nitrogen and oxygen atoms in total. The van der Waals surface area contributed by atoms with Crippen molar-refractivity contribution >= 4 is 27.8 Å². The number of pyridine rings is 1. The van der Waals surface area contributed by atoms with Crippen LogP contribution >= 0.6 is 15.9 Å². The van der Waals surface area contributed by atoms with Gasteiger partial charge in [0, 0.05) is 29.8 Å². The van der Waals surface area contributed by atoms with Crippen LogP contribution in [-0.4, -0.2) is 46.7 Å². The zero-order chi connectivity index (χ0) is 27.0. The van der Waals surface area contributed by atoms with Crippen molar-refractivity contribution in [1.82, 2.24) is 15.2 Å². The van der Waals surface area contributed by atoms with Gasteiger partial charge in [-0.2, -0.15) is 0 Å². The molecule has 0 N–H and O–H groups in total. The van der Waals surface area contributed by atoms with Crippen LogP contribution < -0.4 is 9.64 Å². The third-order valence-electron chi connectivity index (χ3n) is 6.00. The highest BCUT2D eigenvalue weighted by molar-refractivity contribution is 9.10. The van der Waals surface area contributed by atoms with Crippen LogP contribution in [0.5, 0.6) is 5.75 Å². The number of nitrogens with zero attached hydrogens (tertiary/aromatic N) is 4. The molecular formula is C26H26BrF3N4O3. The molecular weight excluding hydrogens is 553 g/mol. The van der Waals surface area contributed by atoms with E-state index in [4.69, 9.17) is 9.47 Å². The van der Waals surface area contributed by atoms with Gasteiger partial charge in [0.2, 0.25) is 0 Å². The van der Waals surface area contributed by atoms with E-state index in [-0.39, 0.29) is 42.2 Å². The summed E-state index contributed by atoms with van der Waals surface area (Å²) in [5.74, 6) is -0.746. The Balaban J connectivity index is 1.71. The summed E-state index contributed by atoms with van der Waals surface area (Å²) in [5.41, 5.74) is -1.46. The van der Waals surface area contributed by atoms with Crippen LogP contribution in [0.2, 0.25) is 0 Å². The molecule has 1 saturated carbocycles. The molecule has 2 heterocycles. The summed E-state index contributed by atoms with van der Waals surface area (Å²) in [5, 5.41) is 8.27. The predicted molar refractivity (Wildman–Crippen MR) is 135 cm³/mol. The molecule has 37 heavy (non-hydrogen) atoms. The topological polar surface area (TPSA) is 77.4 Å². The Morgan fingerprint density at radius 2 is 1.89 bits per heavy atom. The van der Waals surface area contributed by atoms with Gasteiger partial charge in [0.05, 0.1) is 23.0 Å². The van der Waals surface area contributed by atoms with Crippen molar-refractivity contribution < 1.29 is 27.4 Å². The lowest BCUT2D eigenvalue weighted by Gasteiger charge is -2.46. The van der Waals surface area contributed by atoms with Gasteiger partial charge in [0.25, 0.3) is 0 Å². The SMILES string of the molecule is COc1cc(F)c(-c2ccc(N(C[C@]3(c4ncccc4F)C[C@H](F)C3)C(=O)OC(C)(C)C)nn2)cc1Br. The van der Waals surface area contributed by atoms with Crippen LogP contribution in [0.3, 0.4) is 0 Å². The zero-order valence-corrected chi connectivity index (χ0v) is 22.4. The van der Waals surface area contributed by atoms with Crippen molar-refractivity contribution in [3.8, 4) is 17.0 Å². The van der Waals surface area contributed by atoms with Crippen molar-refractivity contribution in [2.45, 2.75) is 50.8 Å². The molecule has 0 atom stereocenters. The number of benzene rings is 1. The highest BCUT2D eigenvalue weighted by atomic mass is 79.9. The number of ether oxygens (including phenoxy) is 2. The third kappa shape index (κ3) is 5.71. The lowest BCUT2D eigenvalue weighted by Crippen LogP contribution is -2.54. The summed E-state index contributed by atoms with van der Waals surface area (Å²) in [4.78, 5) is 18.6. The fourth-order valence-corrected chi connectivity index (χ4v) is 4.82. The Morgan fingerprint density at radius 3 is 2.46 bits per heavy atom. The molecule has 0 unspecified atom stereocenters. The van der Waals surface area contributed by atoms with E-state index in [2.05, 4.69) is 31.1 Å². The monoisotopic (exact) mass is 578 g/mol. The van der Waals surface area contributed by atoms with Crippen LogP contribution in [0.25, 0.3) is 11.3 Å². The summed E-state index contributed by atoms with van der Waals surface area (Å²) in [6.07, 6.45) is -0.523. The molecule has 1 aliphatic carbocycles. The van der Waals surface area contributed by atoms with Gasteiger partial charge in [0.1, 0.15) is 29.2 Å². The number of methoxy groups -OCH3 is 1. The summed E-state index contributed by atoms with van der Waals surface area (Å²) < 4.78 is 54.8. The second-order valence-electron chi connectivity index (χ2n) is 9.93. The Hall–Kier alpha value is -3.21. The van der Waals surface area contributed by atoms with Crippen molar-refractivity contribution in [2.75, 3.05) is 18.6 Å². The summed E-state index contributed by atoms with van der Waals surface area (Å²) in [6, 6.07) is 8.42. The fraction of sp³-hybridized carbons (Fsp3) is 0.385. The molecule has 1 aliphatic rings. The zero-order valence-electron chi connectivity index (χ0n) is 20.8.